The molecule has 0 spiro atoms. The quantitative estimate of drug-likeness (QED) is 0.753. The number of hydrogen-bond donors (Lipinski definition) is 0. The molecule has 0 saturated carbocycles. The van der Waals surface area contributed by atoms with Crippen LogP contribution in [-0.2, 0) is 6.42 Å². The Kier molecular flexibility index (Phi) is 3.36. The lowest BCUT2D eigenvalue weighted by molar-refractivity contribution is 0.493. The maximum Gasteiger partial charge on any atom is 0.0687 e. The molecular weight excluding hydrogens is 184 g/mol. The summed E-state index contributed by atoms with van der Waals surface area (Å²) in [6.07, 6.45) is 0.797. The lowest BCUT2D eigenvalue weighted by atomic mass is 9.87. The Morgan fingerprint density at radius 3 is 2.53 bits per heavy atom. The van der Waals surface area contributed by atoms with Gasteiger partial charge in [0.2, 0.25) is 0 Å². The van der Waals surface area contributed by atoms with Crippen LogP contribution in [0, 0.1) is 16.7 Å². The summed E-state index contributed by atoms with van der Waals surface area (Å²) < 4.78 is 0. The summed E-state index contributed by atoms with van der Waals surface area (Å²) in [5.41, 5.74) is 2.11. The SMILES string of the molecule is CN(C)c1cccc(CC(C)(C)C#N)c1. The van der Waals surface area contributed by atoms with Crippen LogP contribution in [0.25, 0.3) is 0 Å². The Hall–Kier alpha value is -1.49. The van der Waals surface area contributed by atoms with E-state index in [1.807, 2.05) is 34.0 Å². The van der Waals surface area contributed by atoms with E-state index in [9.17, 15) is 0 Å². The van der Waals surface area contributed by atoms with Gasteiger partial charge in [-0.2, -0.15) is 5.26 Å². The van der Waals surface area contributed by atoms with Crippen molar-refractivity contribution in [3.63, 3.8) is 0 Å². The third-order valence-electron chi connectivity index (χ3n) is 2.38. The fourth-order valence-electron chi connectivity index (χ4n) is 1.49. The monoisotopic (exact) mass is 202 g/mol. The molecule has 0 aliphatic rings. The van der Waals surface area contributed by atoms with Crippen LogP contribution in [0.4, 0.5) is 5.69 Å². The molecular formula is C13H18N2. The molecule has 0 radical (unpaired) electrons. The van der Waals surface area contributed by atoms with Crippen molar-refractivity contribution in [2.75, 3.05) is 19.0 Å². The number of nitrogens with zero attached hydrogens (tertiary/aromatic N) is 2. The zero-order chi connectivity index (χ0) is 11.5. The standard InChI is InChI=1S/C13H18N2/c1-13(2,10-14)9-11-6-5-7-12(8-11)15(3)4/h5-8H,9H2,1-4H3. The molecule has 1 aromatic carbocycles. The number of nitriles is 1. The summed E-state index contributed by atoms with van der Waals surface area (Å²) in [5.74, 6) is 0. The first kappa shape index (κ1) is 11.6. The van der Waals surface area contributed by atoms with E-state index in [0.29, 0.717) is 0 Å². The van der Waals surface area contributed by atoms with Crippen LogP contribution < -0.4 is 4.90 Å². The summed E-state index contributed by atoms with van der Waals surface area (Å²) >= 11 is 0. The van der Waals surface area contributed by atoms with Crippen LogP contribution in [0.2, 0.25) is 0 Å². The first-order valence-corrected chi connectivity index (χ1v) is 5.12. The fourth-order valence-corrected chi connectivity index (χ4v) is 1.49. The molecule has 0 N–H and O–H groups in total. The van der Waals surface area contributed by atoms with Crippen molar-refractivity contribution >= 4 is 5.69 Å². The predicted octanol–water partition coefficient (Wildman–Crippen LogP) is 2.84. The van der Waals surface area contributed by atoms with E-state index < -0.39 is 0 Å². The Morgan fingerprint density at radius 2 is 2.00 bits per heavy atom. The van der Waals surface area contributed by atoms with Gasteiger partial charge in [0, 0.05) is 19.8 Å². The first-order valence-electron chi connectivity index (χ1n) is 5.12. The molecule has 0 unspecified atom stereocenters. The number of benzene rings is 1. The minimum atomic E-state index is -0.287. The van der Waals surface area contributed by atoms with Gasteiger partial charge in [-0.3, -0.25) is 0 Å². The Morgan fingerprint density at radius 1 is 1.33 bits per heavy atom. The summed E-state index contributed by atoms with van der Waals surface area (Å²) in [7, 11) is 4.04. The first-order chi connectivity index (χ1) is 6.94. The van der Waals surface area contributed by atoms with Crippen molar-refractivity contribution in [1.29, 1.82) is 5.26 Å². The molecule has 0 aliphatic heterocycles. The third-order valence-corrected chi connectivity index (χ3v) is 2.38. The van der Waals surface area contributed by atoms with Crippen LogP contribution in [0.5, 0.6) is 0 Å². The lowest BCUT2D eigenvalue weighted by Gasteiger charge is -2.17. The second kappa shape index (κ2) is 4.35. The number of anilines is 1. The van der Waals surface area contributed by atoms with Crippen LogP contribution >= 0.6 is 0 Å². The second-order valence-corrected chi connectivity index (χ2v) is 4.74. The molecule has 2 nitrogen and oxygen atoms in total. The highest BCUT2D eigenvalue weighted by molar-refractivity contribution is 5.47. The van der Waals surface area contributed by atoms with Crippen molar-refractivity contribution in [2.24, 2.45) is 5.41 Å². The molecule has 0 atom stereocenters. The number of hydrogen-bond acceptors (Lipinski definition) is 2. The molecule has 0 amide bonds. The van der Waals surface area contributed by atoms with Gasteiger partial charge >= 0.3 is 0 Å². The molecule has 0 saturated heterocycles. The van der Waals surface area contributed by atoms with Crippen LogP contribution in [0.3, 0.4) is 0 Å². The van der Waals surface area contributed by atoms with Gasteiger partial charge in [-0.1, -0.05) is 12.1 Å². The van der Waals surface area contributed by atoms with Gasteiger partial charge in [-0.15, -0.1) is 0 Å². The maximum atomic E-state index is 8.97. The molecule has 0 heterocycles. The van der Waals surface area contributed by atoms with Crippen LogP contribution in [0.1, 0.15) is 19.4 Å². The third kappa shape index (κ3) is 3.28. The van der Waals surface area contributed by atoms with E-state index in [4.69, 9.17) is 5.26 Å². The van der Waals surface area contributed by atoms with Gasteiger partial charge in [-0.05, 0) is 38.0 Å². The Labute approximate surface area is 92.1 Å². The Bertz CT molecular complexity index is 372. The zero-order valence-corrected chi connectivity index (χ0v) is 9.91. The molecule has 2 heteroatoms. The van der Waals surface area contributed by atoms with Crippen LogP contribution in [0.15, 0.2) is 24.3 Å². The summed E-state index contributed by atoms with van der Waals surface area (Å²) in [5, 5.41) is 8.97. The minimum Gasteiger partial charge on any atom is -0.378 e. The molecule has 0 aliphatic carbocycles. The van der Waals surface area contributed by atoms with Crippen molar-refractivity contribution in [3.8, 4) is 6.07 Å². The largest absolute Gasteiger partial charge is 0.378 e. The topological polar surface area (TPSA) is 27.0 Å². The maximum absolute atomic E-state index is 8.97. The normalized spacial score (nSPS) is 10.9. The van der Waals surface area contributed by atoms with E-state index in [2.05, 4.69) is 29.2 Å². The molecule has 1 aromatic rings. The smallest absolute Gasteiger partial charge is 0.0687 e. The van der Waals surface area contributed by atoms with Gasteiger partial charge in [0.25, 0.3) is 0 Å². The minimum absolute atomic E-state index is 0.287. The second-order valence-electron chi connectivity index (χ2n) is 4.74. The van der Waals surface area contributed by atoms with E-state index in [1.165, 1.54) is 11.3 Å². The lowest BCUT2D eigenvalue weighted by Crippen LogP contribution is -2.13. The average molecular weight is 202 g/mol. The van der Waals surface area contributed by atoms with Crippen molar-refractivity contribution in [3.05, 3.63) is 29.8 Å². The van der Waals surface area contributed by atoms with Gasteiger partial charge in [0.15, 0.2) is 0 Å². The van der Waals surface area contributed by atoms with Gasteiger partial charge in [0.1, 0.15) is 0 Å². The van der Waals surface area contributed by atoms with E-state index >= 15 is 0 Å². The van der Waals surface area contributed by atoms with Crippen molar-refractivity contribution in [1.82, 2.24) is 0 Å². The molecule has 0 bridgehead atoms. The van der Waals surface area contributed by atoms with Gasteiger partial charge in [-0.25, -0.2) is 0 Å². The molecule has 15 heavy (non-hydrogen) atoms. The van der Waals surface area contributed by atoms with E-state index in [1.54, 1.807) is 0 Å². The highest BCUT2D eigenvalue weighted by Crippen LogP contribution is 2.23. The summed E-state index contributed by atoms with van der Waals surface area (Å²) in [4.78, 5) is 2.07. The Balaban J connectivity index is 2.88. The van der Waals surface area contributed by atoms with E-state index in [-0.39, 0.29) is 5.41 Å². The summed E-state index contributed by atoms with van der Waals surface area (Å²) in [6, 6.07) is 10.7. The van der Waals surface area contributed by atoms with Crippen molar-refractivity contribution < 1.29 is 0 Å². The van der Waals surface area contributed by atoms with Crippen LogP contribution in [-0.4, -0.2) is 14.1 Å². The molecule has 80 valence electrons. The fraction of sp³-hybridized carbons (Fsp3) is 0.462. The van der Waals surface area contributed by atoms with E-state index in [0.717, 1.165) is 6.42 Å². The highest BCUT2D eigenvalue weighted by Gasteiger charge is 2.17. The predicted molar refractivity (Wildman–Crippen MR) is 63.9 cm³/mol. The zero-order valence-electron chi connectivity index (χ0n) is 9.91. The average Bonchev–Trinajstić information content (AvgIpc) is 2.17. The number of rotatable bonds is 3. The van der Waals surface area contributed by atoms with Crippen molar-refractivity contribution in [2.45, 2.75) is 20.3 Å². The van der Waals surface area contributed by atoms with Gasteiger partial charge < -0.3 is 4.90 Å². The molecule has 0 fully saturated rings. The summed E-state index contributed by atoms with van der Waals surface area (Å²) in [6.45, 7) is 3.94. The molecule has 1 rings (SSSR count). The van der Waals surface area contributed by atoms with Gasteiger partial charge in [0.05, 0.1) is 11.5 Å². The molecule has 0 aromatic heterocycles. The highest BCUT2D eigenvalue weighted by atomic mass is 15.1.